The minimum absolute atomic E-state index is 0.375. The minimum atomic E-state index is -0.556. The normalized spacial score (nSPS) is 60.8. The first-order valence-electron chi connectivity index (χ1n) is 11.6. The summed E-state index contributed by atoms with van der Waals surface area (Å²) in [4.78, 5) is 0. The second kappa shape index (κ2) is 5.00. The Hall–Kier alpha value is -0.300. The van der Waals surface area contributed by atoms with Gasteiger partial charge in [-0.3, -0.25) is 0 Å². The van der Waals surface area contributed by atoms with Gasteiger partial charge in [0.25, 0.3) is 0 Å². The zero-order valence-corrected chi connectivity index (χ0v) is 17.8. The van der Waals surface area contributed by atoms with Gasteiger partial charge in [-0.2, -0.15) is 0 Å². The van der Waals surface area contributed by atoms with Crippen LogP contribution in [0.1, 0.15) is 98.8 Å². The average Bonchev–Trinajstić information content (AvgIpc) is 3.09. The maximum Gasteiger partial charge on any atom is 0.0802 e. The van der Waals surface area contributed by atoms with E-state index < -0.39 is 5.60 Å². The molecule has 5 aliphatic rings. The smallest absolute Gasteiger partial charge is 0.0802 e. The first-order chi connectivity index (χ1) is 12.1. The fourth-order valence-electron chi connectivity index (χ4n) is 9.37. The number of rotatable bonds is 1. The van der Waals surface area contributed by atoms with Gasteiger partial charge in [0.15, 0.2) is 0 Å². The second-order valence-electron chi connectivity index (χ2n) is 12.0. The third-order valence-corrected chi connectivity index (χ3v) is 11.2. The van der Waals surface area contributed by atoms with E-state index in [9.17, 15) is 5.11 Å². The molecule has 1 N–H and O–H groups in total. The number of fused-ring (bicyclic) bond motifs is 6. The molecule has 0 saturated heterocycles. The van der Waals surface area contributed by atoms with Gasteiger partial charge in [-0.15, -0.1) is 0 Å². The quantitative estimate of drug-likeness (QED) is 0.531. The molecule has 1 nitrogen and oxygen atoms in total. The summed E-state index contributed by atoms with van der Waals surface area (Å²) in [5.41, 5.74) is 3.35. The van der Waals surface area contributed by atoms with E-state index in [0.717, 1.165) is 24.2 Å². The Morgan fingerprint density at radius 2 is 1.69 bits per heavy atom. The van der Waals surface area contributed by atoms with Crippen LogP contribution in [0.15, 0.2) is 11.6 Å². The Morgan fingerprint density at radius 1 is 0.962 bits per heavy atom. The summed E-state index contributed by atoms with van der Waals surface area (Å²) < 4.78 is 0. The molecule has 4 fully saturated rings. The van der Waals surface area contributed by atoms with Gasteiger partial charge < -0.3 is 5.11 Å². The van der Waals surface area contributed by atoms with Crippen LogP contribution >= 0.6 is 0 Å². The highest BCUT2D eigenvalue weighted by Crippen LogP contribution is 2.84. The fourth-order valence-corrected chi connectivity index (χ4v) is 9.37. The predicted octanol–water partition coefficient (Wildman–Crippen LogP) is 6.51. The molecular formula is C25H40O. The highest BCUT2D eigenvalue weighted by molar-refractivity contribution is 5.30. The van der Waals surface area contributed by atoms with Crippen LogP contribution in [0.3, 0.4) is 0 Å². The number of hydrogen-bond donors (Lipinski definition) is 1. The Kier molecular flexibility index (Phi) is 3.42. The fraction of sp³-hybridized carbons (Fsp3) is 0.920. The summed E-state index contributed by atoms with van der Waals surface area (Å²) >= 11 is 0. The lowest BCUT2D eigenvalue weighted by atomic mass is 9.45. The maximum absolute atomic E-state index is 10.6. The molecule has 0 radical (unpaired) electrons. The largest absolute Gasteiger partial charge is 0.386 e. The lowest BCUT2D eigenvalue weighted by Crippen LogP contribution is -2.52. The van der Waals surface area contributed by atoms with Gasteiger partial charge in [-0.25, -0.2) is 0 Å². The van der Waals surface area contributed by atoms with Gasteiger partial charge in [0.1, 0.15) is 0 Å². The van der Waals surface area contributed by atoms with Crippen LogP contribution in [0.2, 0.25) is 0 Å². The van der Waals surface area contributed by atoms with Crippen molar-refractivity contribution in [2.45, 2.75) is 104 Å². The van der Waals surface area contributed by atoms with Gasteiger partial charge in [-0.05, 0) is 104 Å². The van der Waals surface area contributed by atoms with Crippen molar-refractivity contribution in [3.63, 3.8) is 0 Å². The average molecular weight is 357 g/mol. The van der Waals surface area contributed by atoms with Gasteiger partial charge >= 0.3 is 0 Å². The number of hydrogen-bond acceptors (Lipinski definition) is 1. The van der Waals surface area contributed by atoms with Crippen LogP contribution in [-0.2, 0) is 0 Å². The summed E-state index contributed by atoms with van der Waals surface area (Å²) in [5, 5.41) is 10.6. The minimum Gasteiger partial charge on any atom is -0.386 e. The van der Waals surface area contributed by atoms with E-state index in [1.165, 1.54) is 57.8 Å². The molecule has 0 aliphatic heterocycles. The van der Waals surface area contributed by atoms with Crippen molar-refractivity contribution in [3.05, 3.63) is 11.6 Å². The third kappa shape index (κ3) is 1.92. The van der Waals surface area contributed by atoms with Gasteiger partial charge in [0.05, 0.1) is 5.60 Å². The molecule has 0 aromatic carbocycles. The van der Waals surface area contributed by atoms with Gasteiger partial charge in [-0.1, -0.05) is 45.8 Å². The molecule has 0 aromatic rings. The van der Waals surface area contributed by atoms with E-state index in [2.05, 4.69) is 33.8 Å². The SMILES string of the molecule is CCC1(C)CC12CCC1C3CCC4=CC(C)(O)CCC4(C)C3CCC12C. The van der Waals surface area contributed by atoms with Crippen LogP contribution in [0.4, 0.5) is 0 Å². The van der Waals surface area contributed by atoms with E-state index in [-0.39, 0.29) is 0 Å². The third-order valence-electron chi connectivity index (χ3n) is 11.2. The van der Waals surface area contributed by atoms with E-state index in [4.69, 9.17) is 0 Å². The van der Waals surface area contributed by atoms with Crippen molar-refractivity contribution in [1.29, 1.82) is 0 Å². The summed E-state index contributed by atoms with van der Waals surface area (Å²) in [6.07, 6.45) is 15.9. The van der Waals surface area contributed by atoms with Crippen LogP contribution in [0, 0.1) is 39.4 Å². The first-order valence-corrected chi connectivity index (χ1v) is 11.6. The molecular weight excluding hydrogens is 316 g/mol. The van der Waals surface area contributed by atoms with Crippen LogP contribution in [0.25, 0.3) is 0 Å². The monoisotopic (exact) mass is 356 g/mol. The molecule has 0 aromatic heterocycles. The topological polar surface area (TPSA) is 20.2 Å². The molecule has 4 saturated carbocycles. The molecule has 1 spiro atoms. The van der Waals surface area contributed by atoms with Crippen molar-refractivity contribution in [3.8, 4) is 0 Å². The van der Waals surface area contributed by atoms with E-state index in [1.807, 2.05) is 6.92 Å². The molecule has 8 unspecified atom stereocenters. The second-order valence-corrected chi connectivity index (χ2v) is 12.0. The van der Waals surface area contributed by atoms with Crippen LogP contribution in [-0.4, -0.2) is 10.7 Å². The number of allylic oxidation sites excluding steroid dienone is 1. The zero-order valence-electron chi connectivity index (χ0n) is 17.8. The van der Waals surface area contributed by atoms with Crippen molar-refractivity contribution in [1.82, 2.24) is 0 Å². The summed E-state index contributed by atoms with van der Waals surface area (Å²) in [7, 11) is 0. The molecule has 0 bridgehead atoms. The lowest BCUT2D eigenvalue weighted by molar-refractivity contribution is -0.0715. The molecule has 5 aliphatic carbocycles. The van der Waals surface area contributed by atoms with E-state index >= 15 is 0 Å². The van der Waals surface area contributed by atoms with Crippen molar-refractivity contribution in [2.24, 2.45) is 39.4 Å². The molecule has 146 valence electrons. The first kappa shape index (κ1) is 17.8. The summed E-state index contributed by atoms with van der Waals surface area (Å²) in [6.45, 7) is 12.3. The molecule has 1 heteroatoms. The van der Waals surface area contributed by atoms with Gasteiger partial charge in [0, 0.05) is 0 Å². The maximum atomic E-state index is 10.6. The molecule has 5 rings (SSSR count). The summed E-state index contributed by atoms with van der Waals surface area (Å²) in [6, 6.07) is 0. The Morgan fingerprint density at radius 3 is 2.38 bits per heavy atom. The van der Waals surface area contributed by atoms with E-state index in [0.29, 0.717) is 21.7 Å². The molecule has 0 amide bonds. The van der Waals surface area contributed by atoms with Crippen molar-refractivity contribution >= 4 is 0 Å². The highest BCUT2D eigenvalue weighted by Gasteiger charge is 2.76. The zero-order chi connectivity index (χ0) is 18.6. The van der Waals surface area contributed by atoms with Crippen molar-refractivity contribution in [2.75, 3.05) is 0 Å². The van der Waals surface area contributed by atoms with E-state index in [1.54, 1.807) is 5.57 Å². The Bertz CT molecular complexity index is 661. The molecule has 8 atom stereocenters. The lowest BCUT2D eigenvalue weighted by Gasteiger charge is -2.59. The molecule has 26 heavy (non-hydrogen) atoms. The Labute approximate surface area is 161 Å². The number of aliphatic hydroxyl groups is 1. The van der Waals surface area contributed by atoms with Gasteiger partial charge in [0.2, 0.25) is 0 Å². The Balaban J connectivity index is 1.48. The molecule has 0 heterocycles. The standard InChI is InChI=1S/C25H40O/c1-6-21(2)16-25(21)12-10-20-18-8-7-17-15-22(3,26)13-14-23(17,4)19(18)9-11-24(20,25)5/h15,18-20,26H,6-14,16H2,1-5H3. The highest BCUT2D eigenvalue weighted by atomic mass is 16.3. The van der Waals surface area contributed by atoms with Crippen molar-refractivity contribution < 1.29 is 5.11 Å². The van der Waals surface area contributed by atoms with Crippen LogP contribution < -0.4 is 0 Å². The predicted molar refractivity (Wildman–Crippen MR) is 108 cm³/mol. The summed E-state index contributed by atoms with van der Waals surface area (Å²) in [5.74, 6) is 2.79. The van der Waals surface area contributed by atoms with Crippen LogP contribution in [0.5, 0.6) is 0 Å².